The molecule has 19 heavy (non-hydrogen) atoms. The van der Waals surface area contributed by atoms with E-state index in [-0.39, 0.29) is 11.8 Å². The zero-order chi connectivity index (χ0) is 13.8. The third-order valence-electron chi connectivity index (χ3n) is 3.33. The van der Waals surface area contributed by atoms with Crippen LogP contribution in [0.25, 0.3) is 0 Å². The van der Waals surface area contributed by atoms with Gasteiger partial charge in [-0.05, 0) is 12.5 Å². The van der Waals surface area contributed by atoms with Crippen LogP contribution in [0.5, 0.6) is 0 Å². The van der Waals surface area contributed by atoms with E-state index in [0.29, 0.717) is 13.2 Å². The van der Waals surface area contributed by atoms with Gasteiger partial charge in [0.25, 0.3) is 5.91 Å². The standard InChI is InChI=1S/C14H18N2O3/c1-10-13(17)15-12(11-6-4-3-5-7-11)14(18)16(10)8-9-19-2/h3-7,10,12H,8-9H2,1-2H3,(H,15,17). The van der Waals surface area contributed by atoms with Gasteiger partial charge in [-0.2, -0.15) is 0 Å². The number of hydrogen-bond acceptors (Lipinski definition) is 3. The Hall–Kier alpha value is -1.88. The van der Waals surface area contributed by atoms with E-state index >= 15 is 0 Å². The Labute approximate surface area is 112 Å². The van der Waals surface area contributed by atoms with Crippen LogP contribution in [-0.2, 0) is 14.3 Å². The highest BCUT2D eigenvalue weighted by atomic mass is 16.5. The molecule has 102 valence electrons. The molecular weight excluding hydrogens is 244 g/mol. The minimum absolute atomic E-state index is 0.0876. The Bertz CT molecular complexity index is 461. The quantitative estimate of drug-likeness (QED) is 0.870. The van der Waals surface area contributed by atoms with Gasteiger partial charge in [0.2, 0.25) is 5.91 Å². The monoisotopic (exact) mass is 262 g/mol. The van der Waals surface area contributed by atoms with Gasteiger partial charge in [0.05, 0.1) is 6.61 Å². The highest BCUT2D eigenvalue weighted by molar-refractivity contribution is 5.97. The summed E-state index contributed by atoms with van der Waals surface area (Å²) in [7, 11) is 1.58. The first-order valence-corrected chi connectivity index (χ1v) is 6.30. The number of nitrogens with zero attached hydrogens (tertiary/aromatic N) is 1. The fourth-order valence-corrected chi connectivity index (χ4v) is 2.19. The summed E-state index contributed by atoms with van der Waals surface area (Å²) in [6.07, 6.45) is 0. The number of piperazine rings is 1. The zero-order valence-electron chi connectivity index (χ0n) is 11.1. The van der Waals surface area contributed by atoms with Crippen LogP contribution in [0.3, 0.4) is 0 Å². The third kappa shape index (κ3) is 2.76. The van der Waals surface area contributed by atoms with Crippen molar-refractivity contribution >= 4 is 11.8 Å². The Balaban J connectivity index is 2.22. The van der Waals surface area contributed by atoms with Crippen molar-refractivity contribution in [3.05, 3.63) is 35.9 Å². The lowest BCUT2D eigenvalue weighted by Gasteiger charge is -2.37. The number of carbonyl (C=O) groups is 2. The van der Waals surface area contributed by atoms with Gasteiger partial charge in [-0.25, -0.2) is 0 Å². The summed E-state index contributed by atoms with van der Waals surface area (Å²) in [5, 5.41) is 2.77. The summed E-state index contributed by atoms with van der Waals surface area (Å²) in [5.41, 5.74) is 0.801. The molecule has 0 bridgehead atoms. The van der Waals surface area contributed by atoms with Crippen LogP contribution in [-0.4, -0.2) is 43.0 Å². The molecule has 0 aliphatic carbocycles. The molecule has 2 rings (SSSR count). The summed E-state index contributed by atoms with van der Waals surface area (Å²) < 4.78 is 4.99. The van der Waals surface area contributed by atoms with Gasteiger partial charge in [-0.1, -0.05) is 30.3 Å². The number of carbonyl (C=O) groups excluding carboxylic acids is 2. The molecule has 1 N–H and O–H groups in total. The van der Waals surface area contributed by atoms with E-state index in [0.717, 1.165) is 5.56 Å². The minimum atomic E-state index is -0.596. The largest absolute Gasteiger partial charge is 0.383 e. The van der Waals surface area contributed by atoms with E-state index in [1.165, 1.54) is 0 Å². The summed E-state index contributed by atoms with van der Waals surface area (Å²) in [4.78, 5) is 26.0. The van der Waals surface area contributed by atoms with E-state index in [4.69, 9.17) is 4.74 Å². The number of rotatable bonds is 4. The van der Waals surface area contributed by atoms with E-state index in [1.807, 2.05) is 30.3 Å². The van der Waals surface area contributed by atoms with Crippen LogP contribution in [0.4, 0.5) is 0 Å². The number of methoxy groups -OCH3 is 1. The summed E-state index contributed by atoms with van der Waals surface area (Å²) in [6, 6.07) is 8.22. The predicted molar refractivity (Wildman–Crippen MR) is 70.4 cm³/mol. The number of ether oxygens (including phenoxy) is 1. The van der Waals surface area contributed by atoms with Crippen LogP contribution < -0.4 is 5.32 Å². The molecule has 1 saturated heterocycles. The van der Waals surface area contributed by atoms with Gasteiger partial charge >= 0.3 is 0 Å². The minimum Gasteiger partial charge on any atom is -0.383 e. The fourth-order valence-electron chi connectivity index (χ4n) is 2.19. The molecule has 2 unspecified atom stereocenters. The molecule has 0 saturated carbocycles. The number of hydrogen-bond donors (Lipinski definition) is 1. The molecule has 0 spiro atoms. The first-order chi connectivity index (χ1) is 9.15. The van der Waals surface area contributed by atoms with Crippen LogP contribution >= 0.6 is 0 Å². The molecule has 5 nitrogen and oxygen atoms in total. The molecule has 1 fully saturated rings. The second-order valence-corrected chi connectivity index (χ2v) is 4.55. The molecule has 1 aromatic carbocycles. The number of amides is 2. The van der Waals surface area contributed by atoms with Crippen molar-refractivity contribution in [2.24, 2.45) is 0 Å². The van der Waals surface area contributed by atoms with E-state index < -0.39 is 12.1 Å². The molecule has 1 aliphatic rings. The van der Waals surface area contributed by atoms with E-state index in [2.05, 4.69) is 5.32 Å². The van der Waals surface area contributed by atoms with Crippen molar-refractivity contribution in [2.75, 3.05) is 20.3 Å². The summed E-state index contributed by atoms with van der Waals surface area (Å²) in [5.74, 6) is -0.222. The van der Waals surface area contributed by atoms with E-state index in [1.54, 1.807) is 18.9 Å². The topological polar surface area (TPSA) is 58.6 Å². The molecule has 1 heterocycles. The van der Waals surface area contributed by atoms with Crippen LogP contribution in [0.15, 0.2) is 30.3 Å². The molecule has 2 amide bonds. The van der Waals surface area contributed by atoms with Gasteiger partial charge < -0.3 is 15.0 Å². The van der Waals surface area contributed by atoms with Crippen molar-refractivity contribution in [2.45, 2.75) is 19.0 Å². The van der Waals surface area contributed by atoms with Crippen molar-refractivity contribution in [1.82, 2.24) is 10.2 Å². The fraction of sp³-hybridized carbons (Fsp3) is 0.429. The first-order valence-electron chi connectivity index (χ1n) is 6.30. The normalized spacial score (nSPS) is 23.4. The number of benzene rings is 1. The molecular formula is C14H18N2O3. The van der Waals surface area contributed by atoms with E-state index in [9.17, 15) is 9.59 Å². The van der Waals surface area contributed by atoms with Crippen LogP contribution in [0, 0.1) is 0 Å². The van der Waals surface area contributed by atoms with Gasteiger partial charge in [0, 0.05) is 13.7 Å². The van der Waals surface area contributed by atoms with Crippen molar-refractivity contribution in [3.63, 3.8) is 0 Å². The molecule has 2 atom stereocenters. The maximum absolute atomic E-state index is 12.4. The van der Waals surface area contributed by atoms with Gasteiger partial charge in [-0.15, -0.1) is 0 Å². The zero-order valence-corrected chi connectivity index (χ0v) is 11.1. The summed E-state index contributed by atoms with van der Waals surface area (Å²) >= 11 is 0. The molecule has 0 radical (unpaired) electrons. The molecule has 1 aliphatic heterocycles. The van der Waals surface area contributed by atoms with Crippen LogP contribution in [0.1, 0.15) is 18.5 Å². The second kappa shape index (κ2) is 5.84. The first kappa shape index (κ1) is 13.5. The predicted octanol–water partition coefficient (Wildman–Crippen LogP) is 0.721. The SMILES string of the molecule is COCCN1C(=O)C(c2ccccc2)NC(=O)C1C. The lowest BCUT2D eigenvalue weighted by atomic mass is 10.0. The lowest BCUT2D eigenvalue weighted by molar-refractivity contribution is -0.149. The second-order valence-electron chi connectivity index (χ2n) is 4.55. The van der Waals surface area contributed by atoms with Crippen molar-refractivity contribution in [1.29, 1.82) is 0 Å². The smallest absolute Gasteiger partial charge is 0.250 e. The average Bonchev–Trinajstić information content (AvgIpc) is 2.44. The van der Waals surface area contributed by atoms with Crippen molar-refractivity contribution in [3.8, 4) is 0 Å². The third-order valence-corrected chi connectivity index (χ3v) is 3.33. The average molecular weight is 262 g/mol. The Morgan fingerprint density at radius 2 is 1.95 bits per heavy atom. The summed E-state index contributed by atoms with van der Waals surface area (Å²) in [6.45, 7) is 2.57. The Morgan fingerprint density at radius 1 is 1.26 bits per heavy atom. The maximum Gasteiger partial charge on any atom is 0.250 e. The highest BCUT2D eigenvalue weighted by Gasteiger charge is 2.38. The van der Waals surface area contributed by atoms with Crippen LogP contribution in [0.2, 0.25) is 0 Å². The molecule has 5 heteroatoms. The highest BCUT2D eigenvalue weighted by Crippen LogP contribution is 2.21. The Morgan fingerprint density at radius 3 is 2.58 bits per heavy atom. The number of nitrogens with one attached hydrogen (secondary N) is 1. The van der Waals surface area contributed by atoms with Crippen molar-refractivity contribution < 1.29 is 14.3 Å². The molecule has 1 aromatic rings. The molecule has 0 aromatic heterocycles. The maximum atomic E-state index is 12.4. The van der Waals surface area contributed by atoms with Gasteiger partial charge in [0.1, 0.15) is 12.1 Å². The Kier molecular flexibility index (Phi) is 4.16. The van der Waals surface area contributed by atoms with Gasteiger partial charge in [-0.3, -0.25) is 9.59 Å². The lowest BCUT2D eigenvalue weighted by Crippen LogP contribution is -2.59. The van der Waals surface area contributed by atoms with Gasteiger partial charge in [0.15, 0.2) is 0 Å².